The molecule has 0 fully saturated rings. The molecule has 5 heteroatoms. The molecule has 0 aromatic carbocycles. The smallest absolute Gasteiger partial charge is 0.305 e. The van der Waals surface area contributed by atoms with Crippen LogP contribution in [0.25, 0.3) is 11.0 Å². The maximum atomic E-state index is 12.2. The first-order chi connectivity index (χ1) is 8.41. The van der Waals surface area contributed by atoms with Crippen LogP contribution < -0.4 is 11.2 Å². The zero-order valence-electron chi connectivity index (χ0n) is 11.0. The second-order valence-electron chi connectivity index (χ2n) is 4.99. The molecule has 0 saturated carbocycles. The van der Waals surface area contributed by atoms with Crippen LogP contribution in [0.2, 0.25) is 0 Å². The largest absolute Gasteiger partial charge is 0.329 e. The average molecular weight is 247 g/mol. The summed E-state index contributed by atoms with van der Waals surface area (Å²) in [5.74, 6) is 0.244. The van der Waals surface area contributed by atoms with Crippen LogP contribution in [-0.2, 0) is 0 Å². The first-order valence-electron chi connectivity index (χ1n) is 6.07. The molecule has 0 amide bonds. The molecule has 1 N–H and O–H groups in total. The van der Waals surface area contributed by atoms with Crippen LogP contribution >= 0.6 is 0 Å². The minimum atomic E-state index is -0.387. The van der Waals surface area contributed by atoms with E-state index in [1.54, 1.807) is 19.9 Å². The SMILES string of the molecule is CC(C)c1ccc2[nH]c(=O)n(C(C)C)c(=O)c2n1. The average Bonchev–Trinajstić information content (AvgIpc) is 2.27. The summed E-state index contributed by atoms with van der Waals surface area (Å²) in [5.41, 5.74) is 0.954. The fourth-order valence-electron chi connectivity index (χ4n) is 1.91. The summed E-state index contributed by atoms with van der Waals surface area (Å²) in [6.07, 6.45) is 0. The highest BCUT2D eigenvalue weighted by Crippen LogP contribution is 2.13. The monoisotopic (exact) mass is 247 g/mol. The predicted molar refractivity (Wildman–Crippen MR) is 71.1 cm³/mol. The number of hydrogen-bond acceptors (Lipinski definition) is 3. The predicted octanol–water partition coefficient (Wildman–Crippen LogP) is 1.79. The molecular formula is C13H17N3O2. The Labute approximate surface area is 104 Å². The fraction of sp³-hybridized carbons (Fsp3) is 0.462. The highest BCUT2D eigenvalue weighted by atomic mass is 16.2. The normalized spacial score (nSPS) is 11.7. The zero-order valence-corrected chi connectivity index (χ0v) is 11.0. The van der Waals surface area contributed by atoms with Crippen LogP contribution in [0, 0.1) is 0 Å². The van der Waals surface area contributed by atoms with E-state index in [-0.39, 0.29) is 23.2 Å². The van der Waals surface area contributed by atoms with Crippen LogP contribution in [0.3, 0.4) is 0 Å². The van der Waals surface area contributed by atoms with E-state index in [1.807, 2.05) is 19.9 Å². The molecule has 18 heavy (non-hydrogen) atoms. The van der Waals surface area contributed by atoms with Crippen molar-refractivity contribution in [3.8, 4) is 0 Å². The summed E-state index contributed by atoms with van der Waals surface area (Å²) >= 11 is 0. The highest BCUT2D eigenvalue weighted by molar-refractivity contribution is 5.72. The van der Waals surface area contributed by atoms with Gasteiger partial charge < -0.3 is 4.98 Å². The van der Waals surface area contributed by atoms with Gasteiger partial charge in [-0.05, 0) is 31.9 Å². The van der Waals surface area contributed by atoms with E-state index in [9.17, 15) is 9.59 Å². The van der Waals surface area contributed by atoms with Gasteiger partial charge in [0.1, 0.15) is 0 Å². The molecule has 0 unspecified atom stereocenters. The van der Waals surface area contributed by atoms with Crippen molar-refractivity contribution in [3.63, 3.8) is 0 Å². The van der Waals surface area contributed by atoms with Gasteiger partial charge in [0.2, 0.25) is 0 Å². The number of fused-ring (bicyclic) bond motifs is 1. The Morgan fingerprint density at radius 1 is 1.17 bits per heavy atom. The van der Waals surface area contributed by atoms with Gasteiger partial charge in [-0.15, -0.1) is 0 Å². The summed E-state index contributed by atoms with van der Waals surface area (Å²) in [5, 5.41) is 0. The van der Waals surface area contributed by atoms with Gasteiger partial charge in [-0.2, -0.15) is 0 Å². The molecule has 2 rings (SSSR count). The Morgan fingerprint density at radius 2 is 1.83 bits per heavy atom. The quantitative estimate of drug-likeness (QED) is 0.879. The van der Waals surface area contributed by atoms with Crippen molar-refractivity contribution in [2.45, 2.75) is 39.7 Å². The lowest BCUT2D eigenvalue weighted by atomic mass is 10.1. The molecule has 0 saturated heterocycles. The molecule has 0 aliphatic heterocycles. The minimum Gasteiger partial charge on any atom is -0.305 e. The maximum absolute atomic E-state index is 12.2. The number of nitrogens with zero attached hydrogens (tertiary/aromatic N) is 2. The summed E-state index contributed by atoms with van der Waals surface area (Å²) < 4.78 is 1.19. The number of hydrogen-bond donors (Lipinski definition) is 1. The van der Waals surface area contributed by atoms with Crippen LogP contribution in [0.5, 0.6) is 0 Å². The third-order valence-electron chi connectivity index (χ3n) is 2.91. The van der Waals surface area contributed by atoms with Gasteiger partial charge in [0.25, 0.3) is 5.56 Å². The van der Waals surface area contributed by atoms with E-state index in [0.717, 1.165) is 5.69 Å². The molecule has 0 radical (unpaired) electrons. The highest BCUT2D eigenvalue weighted by Gasteiger charge is 2.12. The van der Waals surface area contributed by atoms with Crippen molar-refractivity contribution in [1.82, 2.24) is 14.5 Å². The molecule has 5 nitrogen and oxygen atoms in total. The molecular weight excluding hydrogens is 230 g/mol. The number of aromatic nitrogens is 3. The number of rotatable bonds is 2. The van der Waals surface area contributed by atoms with Crippen molar-refractivity contribution >= 4 is 11.0 Å². The molecule has 2 aromatic rings. The van der Waals surface area contributed by atoms with Gasteiger partial charge in [-0.1, -0.05) is 13.8 Å². The lowest BCUT2D eigenvalue weighted by Crippen LogP contribution is -2.36. The first kappa shape index (κ1) is 12.5. The summed E-state index contributed by atoms with van der Waals surface area (Å²) in [4.78, 5) is 31.1. The third kappa shape index (κ3) is 1.96. The second-order valence-corrected chi connectivity index (χ2v) is 4.99. The van der Waals surface area contributed by atoms with E-state index in [0.29, 0.717) is 11.0 Å². The maximum Gasteiger partial charge on any atom is 0.329 e. The van der Waals surface area contributed by atoms with Gasteiger partial charge >= 0.3 is 5.69 Å². The van der Waals surface area contributed by atoms with Crippen LogP contribution in [0.4, 0.5) is 0 Å². The molecule has 2 aromatic heterocycles. The van der Waals surface area contributed by atoms with Crippen molar-refractivity contribution in [2.75, 3.05) is 0 Å². The molecule has 2 heterocycles. The minimum absolute atomic E-state index is 0.185. The van der Waals surface area contributed by atoms with E-state index in [4.69, 9.17) is 0 Å². The molecule has 0 bridgehead atoms. The zero-order chi connectivity index (χ0) is 13.4. The van der Waals surface area contributed by atoms with Gasteiger partial charge in [-0.25, -0.2) is 9.78 Å². The van der Waals surface area contributed by atoms with E-state index >= 15 is 0 Å². The molecule has 0 atom stereocenters. The van der Waals surface area contributed by atoms with Crippen LogP contribution in [0.15, 0.2) is 21.7 Å². The van der Waals surface area contributed by atoms with E-state index in [1.165, 1.54) is 4.57 Å². The lowest BCUT2D eigenvalue weighted by Gasteiger charge is -2.10. The molecule has 0 aliphatic rings. The third-order valence-corrected chi connectivity index (χ3v) is 2.91. The number of nitrogens with one attached hydrogen (secondary N) is 1. The fourth-order valence-corrected chi connectivity index (χ4v) is 1.91. The molecule has 0 aliphatic carbocycles. The number of H-pyrrole nitrogens is 1. The van der Waals surface area contributed by atoms with Gasteiger partial charge in [0.05, 0.1) is 5.52 Å². The van der Waals surface area contributed by atoms with Gasteiger partial charge in [0.15, 0.2) is 5.52 Å². The molecule has 0 spiro atoms. The topological polar surface area (TPSA) is 67.8 Å². The Kier molecular flexibility index (Phi) is 3.07. The molecule has 96 valence electrons. The van der Waals surface area contributed by atoms with Crippen molar-refractivity contribution in [2.24, 2.45) is 0 Å². The first-order valence-corrected chi connectivity index (χ1v) is 6.07. The van der Waals surface area contributed by atoms with Gasteiger partial charge in [-0.3, -0.25) is 9.36 Å². The van der Waals surface area contributed by atoms with Crippen LogP contribution in [0.1, 0.15) is 45.3 Å². The Morgan fingerprint density at radius 3 is 2.39 bits per heavy atom. The second kappa shape index (κ2) is 4.40. The van der Waals surface area contributed by atoms with Crippen LogP contribution in [-0.4, -0.2) is 14.5 Å². The standard InChI is InChI=1S/C13H17N3O2/c1-7(2)9-5-6-10-11(14-9)12(17)16(8(3)4)13(18)15-10/h5-8H,1-4H3,(H,15,18). The van der Waals surface area contributed by atoms with E-state index < -0.39 is 0 Å². The summed E-state index contributed by atoms with van der Waals surface area (Å²) in [6, 6.07) is 3.39. The number of aromatic amines is 1. The number of pyridine rings is 1. The van der Waals surface area contributed by atoms with Gasteiger partial charge in [0, 0.05) is 11.7 Å². The Balaban J connectivity index is 2.86. The Hall–Kier alpha value is -1.91. The summed E-state index contributed by atoms with van der Waals surface area (Å²) in [7, 11) is 0. The lowest BCUT2D eigenvalue weighted by molar-refractivity contribution is 0.551. The van der Waals surface area contributed by atoms with Crippen molar-refractivity contribution in [1.29, 1.82) is 0 Å². The van der Waals surface area contributed by atoms with Crippen molar-refractivity contribution < 1.29 is 0 Å². The summed E-state index contributed by atoms with van der Waals surface area (Å²) in [6.45, 7) is 7.63. The van der Waals surface area contributed by atoms with E-state index in [2.05, 4.69) is 9.97 Å². The Bertz CT molecular complexity index is 695. The van der Waals surface area contributed by atoms with Crippen molar-refractivity contribution in [3.05, 3.63) is 38.7 Å².